The zero-order valence-electron chi connectivity index (χ0n) is 10.4. The largest absolute Gasteiger partial charge is 0.394 e. The zero-order chi connectivity index (χ0) is 13.1. The summed E-state index contributed by atoms with van der Waals surface area (Å²) in [6.07, 6.45) is 0. The van der Waals surface area contributed by atoms with E-state index in [1.807, 2.05) is 13.0 Å². The molecule has 96 valence electrons. The van der Waals surface area contributed by atoms with Crippen molar-refractivity contribution in [2.45, 2.75) is 26.4 Å². The number of fused-ring (bicyclic) bond motifs is 1. The van der Waals surface area contributed by atoms with Crippen molar-refractivity contribution in [2.24, 2.45) is 0 Å². The van der Waals surface area contributed by atoms with Crippen LogP contribution >= 0.6 is 0 Å². The predicted molar refractivity (Wildman–Crippen MR) is 67.2 cm³/mol. The standard InChI is InChI=1S/C12H16N4O2/c1-3-16-11-5-4-9(6-10(11)14-15-16)12(18)13-8(2)7-17/h4-6,8,17H,3,7H2,1-2H3,(H,13,18)/t8-/m0/s1. The Labute approximate surface area is 105 Å². The van der Waals surface area contributed by atoms with Crippen LogP contribution in [0.5, 0.6) is 0 Å². The van der Waals surface area contributed by atoms with E-state index in [2.05, 4.69) is 15.6 Å². The van der Waals surface area contributed by atoms with Crippen molar-refractivity contribution < 1.29 is 9.90 Å². The first-order valence-corrected chi connectivity index (χ1v) is 5.90. The normalized spacial score (nSPS) is 12.6. The Morgan fingerprint density at radius 3 is 3.00 bits per heavy atom. The number of carbonyl (C=O) groups excluding carboxylic acids is 1. The molecular formula is C12H16N4O2. The van der Waals surface area contributed by atoms with Gasteiger partial charge in [0.05, 0.1) is 12.1 Å². The van der Waals surface area contributed by atoms with Crippen LogP contribution in [0, 0.1) is 0 Å². The summed E-state index contributed by atoms with van der Waals surface area (Å²) in [5.74, 6) is -0.218. The third-order valence-corrected chi connectivity index (χ3v) is 2.73. The molecule has 0 fully saturated rings. The average molecular weight is 248 g/mol. The molecule has 0 saturated carbocycles. The molecule has 2 rings (SSSR count). The Bertz CT molecular complexity index is 564. The molecule has 0 spiro atoms. The third-order valence-electron chi connectivity index (χ3n) is 2.73. The van der Waals surface area contributed by atoms with Gasteiger partial charge in [0, 0.05) is 18.2 Å². The van der Waals surface area contributed by atoms with Gasteiger partial charge in [0.15, 0.2) is 0 Å². The van der Waals surface area contributed by atoms with Crippen LogP contribution in [0.3, 0.4) is 0 Å². The van der Waals surface area contributed by atoms with Crippen LogP contribution in [-0.4, -0.2) is 38.7 Å². The van der Waals surface area contributed by atoms with Gasteiger partial charge in [-0.15, -0.1) is 5.10 Å². The van der Waals surface area contributed by atoms with Crippen LogP contribution < -0.4 is 5.32 Å². The predicted octanol–water partition coefficient (Wildman–Crippen LogP) is 0.562. The maximum Gasteiger partial charge on any atom is 0.251 e. The Hall–Kier alpha value is -1.95. The lowest BCUT2D eigenvalue weighted by Gasteiger charge is -2.10. The molecule has 0 aliphatic heterocycles. The summed E-state index contributed by atoms with van der Waals surface area (Å²) in [5, 5.41) is 19.6. The first kappa shape index (κ1) is 12.5. The topological polar surface area (TPSA) is 80.0 Å². The molecule has 6 heteroatoms. The summed E-state index contributed by atoms with van der Waals surface area (Å²) >= 11 is 0. The maximum absolute atomic E-state index is 11.9. The molecular weight excluding hydrogens is 232 g/mol. The number of nitrogens with zero attached hydrogens (tertiary/aromatic N) is 3. The minimum atomic E-state index is -0.264. The molecule has 0 aliphatic carbocycles. The highest BCUT2D eigenvalue weighted by atomic mass is 16.3. The molecule has 0 bridgehead atoms. The fourth-order valence-corrected chi connectivity index (χ4v) is 1.70. The molecule has 18 heavy (non-hydrogen) atoms. The summed E-state index contributed by atoms with van der Waals surface area (Å²) in [4.78, 5) is 11.9. The number of aliphatic hydroxyl groups excluding tert-OH is 1. The third kappa shape index (κ3) is 2.33. The van der Waals surface area contributed by atoms with Crippen molar-refractivity contribution in [1.29, 1.82) is 0 Å². The molecule has 0 radical (unpaired) electrons. The molecule has 1 amide bonds. The Morgan fingerprint density at radius 1 is 1.56 bits per heavy atom. The number of hydrogen-bond acceptors (Lipinski definition) is 4. The van der Waals surface area contributed by atoms with Gasteiger partial charge in [-0.05, 0) is 32.0 Å². The van der Waals surface area contributed by atoms with Crippen LogP contribution in [0.2, 0.25) is 0 Å². The van der Waals surface area contributed by atoms with E-state index in [9.17, 15) is 4.79 Å². The molecule has 2 aromatic rings. The fraction of sp³-hybridized carbons (Fsp3) is 0.417. The number of aromatic nitrogens is 3. The molecule has 1 heterocycles. The first-order valence-electron chi connectivity index (χ1n) is 5.90. The molecule has 6 nitrogen and oxygen atoms in total. The maximum atomic E-state index is 11.9. The quantitative estimate of drug-likeness (QED) is 0.828. The van der Waals surface area contributed by atoms with Crippen LogP contribution in [0.25, 0.3) is 11.0 Å². The van der Waals surface area contributed by atoms with Gasteiger partial charge in [0.25, 0.3) is 5.91 Å². The molecule has 2 N–H and O–H groups in total. The van der Waals surface area contributed by atoms with Gasteiger partial charge in [-0.3, -0.25) is 4.79 Å². The zero-order valence-corrected chi connectivity index (χ0v) is 10.4. The second-order valence-electron chi connectivity index (χ2n) is 4.17. The highest BCUT2D eigenvalue weighted by Crippen LogP contribution is 2.13. The van der Waals surface area contributed by atoms with Crippen molar-refractivity contribution in [3.05, 3.63) is 23.8 Å². The van der Waals surface area contributed by atoms with Crippen LogP contribution in [0.15, 0.2) is 18.2 Å². The summed E-state index contributed by atoms with van der Waals surface area (Å²) in [5.41, 5.74) is 2.12. The van der Waals surface area contributed by atoms with Gasteiger partial charge in [0.2, 0.25) is 0 Å². The smallest absolute Gasteiger partial charge is 0.251 e. The highest BCUT2D eigenvalue weighted by Gasteiger charge is 2.11. The summed E-state index contributed by atoms with van der Waals surface area (Å²) in [6, 6.07) is 5.00. The molecule has 1 aromatic heterocycles. The number of aryl methyl sites for hydroxylation is 1. The molecule has 1 aromatic carbocycles. The summed E-state index contributed by atoms with van der Waals surface area (Å²) in [6.45, 7) is 4.38. The minimum absolute atomic E-state index is 0.0833. The number of rotatable bonds is 4. The SMILES string of the molecule is CCn1nnc2cc(C(=O)N[C@@H](C)CO)ccc21. The summed E-state index contributed by atoms with van der Waals surface area (Å²) < 4.78 is 1.77. The fourth-order valence-electron chi connectivity index (χ4n) is 1.70. The average Bonchev–Trinajstić information content (AvgIpc) is 2.80. The Balaban J connectivity index is 2.27. The number of carbonyl (C=O) groups is 1. The Morgan fingerprint density at radius 2 is 2.33 bits per heavy atom. The number of hydrogen-bond donors (Lipinski definition) is 2. The second kappa shape index (κ2) is 5.14. The number of benzene rings is 1. The van der Waals surface area contributed by atoms with Gasteiger partial charge in [-0.2, -0.15) is 0 Å². The van der Waals surface area contributed by atoms with E-state index in [1.54, 1.807) is 23.7 Å². The van der Waals surface area contributed by atoms with E-state index in [-0.39, 0.29) is 18.6 Å². The van der Waals surface area contributed by atoms with Gasteiger partial charge in [-0.25, -0.2) is 4.68 Å². The first-order chi connectivity index (χ1) is 8.65. The van der Waals surface area contributed by atoms with Crippen molar-refractivity contribution in [1.82, 2.24) is 20.3 Å². The minimum Gasteiger partial charge on any atom is -0.394 e. The number of aliphatic hydroxyl groups is 1. The Kier molecular flexibility index (Phi) is 3.57. The lowest BCUT2D eigenvalue weighted by Crippen LogP contribution is -2.34. The van der Waals surface area contributed by atoms with E-state index in [1.165, 1.54) is 0 Å². The second-order valence-corrected chi connectivity index (χ2v) is 4.17. The van der Waals surface area contributed by atoms with E-state index < -0.39 is 0 Å². The van der Waals surface area contributed by atoms with Crippen LogP contribution in [-0.2, 0) is 6.54 Å². The van der Waals surface area contributed by atoms with E-state index in [4.69, 9.17) is 5.11 Å². The van der Waals surface area contributed by atoms with Crippen molar-refractivity contribution in [2.75, 3.05) is 6.61 Å². The molecule has 1 atom stereocenters. The van der Waals surface area contributed by atoms with Crippen molar-refractivity contribution in [3.63, 3.8) is 0 Å². The lowest BCUT2D eigenvalue weighted by molar-refractivity contribution is 0.0922. The van der Waals surface area contributed by atoms with Gasteiger partial charge in [0.1, 0.15) is 5.52 Å². The monoisotopic (exact) mass is 248 g/mol. The lowest BCUT2D eigenvalue weighted by atomic mass is 10.1. The van der Waals surface area contributed by atoms with Crippen molar-refractivity contribution >= 4 is 16.9 Å². The number of amides is 1. The highest BCUT2D eigenvalue weighted by molar-refractivity contribution is 5.97. The molecule has 0 unspecified atom stereocenters. The van der Waals surface area contributed by atoms with E-state index in [0.717, 1.165) is 12.1 Å². The summed E-state index contributed by atoms with van der Waals surface area (Å²) in [7, 11) is 0. The van der Waals surface area contributed by atoms with Crippen LogP contribution in [0.1, 0.15) is 24.2 Å². The van der Waals surface area contributed by atoms with E-state index in [0.29, 0.717) is 11.1 Å². The van der Waals surface area contributed by atoms with Gasteiger partial charge >= 0.3 is 0 Å². The number of nitrogens with one attached hydrogen (secondary N) is 1. The van der Waals surface area contributed by atoms with Gasteiger partial charge < -0.3 is 10.4 Å². The van der Waals surface area contributed by atoms with Crippen molar-refractivity contribution in [3.8, 4) is 0 Å². The van der Waals surface area contributed by atoms with Crippen LogP contribution in [0.4, 0.5) is 0 Å². The van der Waals surface area contributed by atoms with E-state index >= 15 is 0 Å². The molecule has 0 saturated heterocycles. The van der Waals surface area contributed by atoms with Gasteiger partial charge in [-0.1, -0.05) is 5.21 Å². The molecule has 0 aliphatic rings.